The van der Waals surface area contributed by atoms with Gasteiger partial charge in [0, 0.05) is 6.20 Å². The predicted octanol–water partition coefficient (Wildman–Crippen LogP) is 2.60. The Labute approximate surface area is 87.5 Å². The quantitative estimate of drug-likeness (QED) is 0.825. The number of hydrogen-bond acceptors (Lipinski definition) is 2. The fraction of sp³-hybridized carbons (Fsp3) is 0.250. The van der Waals surface area contributed by atoms with Gasteiger partial charge in [0.1, 0.15) is 0 Å². The van der Waals surface area contributed by atoms with Crippen molar-refractivity contribution < 1.29 is 23.1 Å². The largest absolute Gasteiger partial charge is 0.478 e. The van der Waals surface area contributed by atoms with Gasteiger partial charge in [-0.1, -0.05) is 0 Å². The number of hydrogen-bond donors (Lipinski definition) is 1. The lowest BCUT2D eigenvalue weighted by atomic mass is 10.1. The van der Waals surface area contributed by atoms with Crippen molar-refractivity contribution in [3.63, 3.8) is 0 Å². The number of carboxylic acids is 1. The van der Waals surface area contributed by atoms with E-state index in [-0.39, 0.29) is 0 Å². The summed E-state index contributed by atoms with van der Waals surface area (Å²) in [6.45, 7) is 0. The number of halogens is 4. The first-order valence-electron chi connectivity index (χ1n) is 3.73. The van der Waals surface area contributed by atoms with E-state index in [1.165, 1.54) is 0 Å². The van der Waals surface area contributed by atoms with Gasteiger partial charge in [-0.2, -0.15) is 0 Å². The Bertz CT molecular complexity index is 398. The summed E-state index contributed by atoms with van der Waals surface area (Å²) in [6, 6.07) is 0. The zero-order valence-corrected chi connectivity index (χ0v) is 7.93. The molecule has 82 valence electrons. The zero-order valence-electron chi connectivity index (χ0n) is 7.18. The Kier molecular flexibility index (Phi) is 3.52. The lowest BCUT2D eigenvalue weighted by Gasteiger charge is -2.08. The summed E-state index contributed by atoms with van der Waals surface area (Å²) in [6.07, 6.45) is -2.55. The fourth-order valence-corrected chi connectivity index (χ4v) is 1.21. The van der Waals surface area contributed by atoms with Crippen molar-refractivity contribution in [1.82, 2.24) is 4.98 Å². The minimum absolute atomic E-state index is 0.392. The molecule has 0 aliphatic carbocycles. The maximum Gasteiger partial charge on any atom is 0.337 e. The fourth-order valence-electron chi connectivity index (χ4n) is 1.02. The third-order valence-corrected chi connectivity index (χ3v) is 1.96. The molecule has 0 radical (unpaired) electrons. The van der Waals surface area contributed by atoms with Crippen LogP contribution in [0.2, 0.25) is 0 Å². The molecular formula is C8H5ClF3NO2. The highest BCUT2D eigenvalue weighted by molar-refractivity contribution is 6.16. The van der Waals surface area contributed by atoms with Gasteiger partial charge in [0.2, 0.25) is 0 Å². The average Bonchev–Trinajstić information content (AvgIpc) is 2.16. The molecule has 0 aromatic carbocycles. The number of aromatic carboxylic acids is 1. The van der Waals surface area contributed by atoms with Crippen LogP contribution in [0, 0.1) is 5.82 Å². The molecule has 1 heterocycles. The van der Waals surface area contributed by atoms with Gasteiger partial charge in [-0.3, -0.25) is 4.98 Å². The van der Waals surface area contributed by atoms with Crippen molar-refractivity contribution in [3.8, 4) is 0 Å². The number of carbonyl (C=O) groups is 1. The van der Waals surface area contributed by atoms with Crippen molar-refractivity contribution >= 4 is 17.6 Å². The van der Waals surface area contributed by atoms with Crippen LogP contribution in [-0.2, 0) is 5.88 Å². The molecule has 0 aliphatic rings. The van der Waals surface area contributed by atoms with E-state index in [1.54, 1.807) is 0 Å². The van der Waals surface area contributed by atoms with Crippen LogP contribution in [0.5, 0.6) is 0 Å². The topological polar surface area (TPSA) is 50.2 Å². The van der Waals surface area contributed by atoms with Gasteiger partial charge >= 0.3 is 5.97 Å². The number of alkyl halides is 3. The Balaban J connectivity index is 3.44. The second-order valence-electron chi connectivity index (χ2n) is 2.59. The summed E-state index contributed by atoms with van der Waals surface area (Å²) in [5, 5.41) is 8.53. The first-order valence-corrected chi connectivity index (χ1v) is 4.27. The van der Waals surface area contributed by atoms with Gasteiger partial charge < -0.3 is 5.11 Å². The second kappa shape index (κ2) is 4.48. The summed E-state index contributed by atoms with van der Waals surface area (Å²) in [5.41, 5.74) is -2.42. The summed E-state index contributed by atoms with van der Waals surface area (Å²) in [5.74, 6) is -3.41. The normalized spacial score (nSPS) is 10.7. The van der Waals surface area contributed by atoms with Crippen molar-refractivity contribution in [2.45, 2.75) is 12.3 Å². The molecular weight excluding hydrogens is 235 g/mol. The first kappa shape index (κ1) is 11.8. The summed E-state index contributed by atoms with van der Waals surface area (Å²) < 4.78 is 38.0. The Hall–Kier alpha value is -1.30. The van der Waals surface area contributed by atoms with E-state index in [0.29, 0.717) is 6.20 Å². The lowest BCUT2D eigenvalue weighted by Crippen LogP contribution is -2.09. The average molecular weight is 240 g/mol. The van der Waals surface area contributed by atoms with Gasteiger partial charge in [0.25, 0.3) is 6.43 Å². The van der Waals surface area contributed by atoms with Gasteiger partial charge in [-0.05, 0) is 0 Å². The van der Waals surface area contributed by atoms with E-state index in [1.807, 2.05) is 0 Å². The first-order chi connectivity index (χ1) is 6.99. The molecule has 0 bridgehead atoms. The van der Waals surface area contributed by atoms with E-state index in [4.69, 9.17) is 16.7 Å². The maximum absolute atomic E-state index is 13.3. The van der Waals surface area contributed by atoms with Crippen LogP contribution >= 0.6 is 11.6 Å². The van der Waals surface area contributed by atoms with Crippen LogP contribution in [0.3, 0.4) is 0 Å². The molecule has 0 amide bonds. The highest BCUT2D eigenvalue weighted by Gasteiger charge is 2.25. The monoisotopic (exact) mass is 239 g/mol. The molecule has 0 fully saturated rings. The molecule has 0 saturated heterocycles. The van der Waals surface area contributed by atoms with Gasteiger partial charge in [-0.25, -0.2) is 18.0 Å². The summed E-state index contributed by atoms with van der Waals surface area (Å²) in [7, 11) is 0. The van der Waals surface area contributed by atoms with Crippen LogP contribution < -0.4 is 0 Å². The van der Waals surface area contributed by atoms with Crippen molar-refractivity contribution in [2.75, 3.05) is 0 Å². The van der Waals surface area contributed by atoms with Gasteiger partial charge in [0.05, 0.1) is 22.7 Å². The van der Waals surface area contributed by atoms with Crippen LogP contribution in [0.4, 0.5) is 13.2 Å². The van der Waals surface area contributed by atoms with Crippen LogP contribution in [0.1, 0.15) is 28.0 Å². The molecule has 0 aliphatic heterocycles. The Morgan fingerprint density at radius 2 is 2.20 bits per heavy atom. The molecule has 1 aromatic heterocycles. The molecule has 1 rings (SSSR count). The van der Waals surface area contributed by atoms with Crippen molar-refractivity contribution in [2.24, 2.45) is 0 Å². The molecule has 0 spiro atoms. The molecule has 1 aromatic rings. The van der Waals surface area contributed by atoms with E-state index < -0.39 is 40.9 Å². The number of nitrogens with zero attached hydrogens (tertiary/aromatic N) is 1. The van der Waals surface area contributed by atoms with Crippen molar-refractivity contribution in [1.29, 1.82) is 0 Å². The van der Waals surface area contributed by atoms with Gasteiger partial charge in [-0.15, -0.1) is 11.6 Å². The third kappa shape index (κ3) is 2.20. The number of pyridine rings is 1. The zero-order chi connectivity index (χ0) is 11.6. The predicted molar refractivity (Wildman–Crippen MR) is 45.7 cm³/mol. The molecule has 1 N–H and O–H groups in total. The van der Waals surface area contributed by atoms with E-state index in [2.05, 4.69) is 4.98 Å². The molecule has 15 heavy (non-hydrogen) atoms. The number of carboxylic acid groups (broad SMARTS) is 1. The summed E-state index contributed by atoms with van der Waals surface area (Å²) in [4.78, 5) is 13.8. The van der Waals surface area contributed by atoms with E-state index >= 15 is 0 Å². The standard InChI is InChI=1S/C8H5ClF3NO2/c9-1-4-6(10)5(7(11)12)3(2-13-4)8(14)15/h2,7H,1H2,(H,14,15). The number of aromatic nitrogens is 1. The minimum Gasteiger partial charge on any atom is -0.478 e. The van der Waals surface area contributed by atoms with Gasteiger partial charge in [0.15, 0.2) is 5.82 Å². The van der Waals surface area contributed by atoms with Crippen LogP contribution in [0.15, 0.2) is 6.20 Å². The minimum atomic E-state index is -3.22. The van der Waals surface area contributed by atoms with E-state index in [9.17, 15) is 18.0 Å². The third-order valence-electron chi connectivity index (χ3n) is 1.70. The lowest BCUT2D eigenvalue weighted by molar-refractivity contribution is 0.0681. The summed E-state index contributed by atoms with van der Waals surface area (Å²) >= 11 is 5.25. The highest BCUT2D eigenvalue weighted by Crippen LogP contribution is 2.27. The molecule has 7 heteroatoms. The highest BCUT2D eigenvalue weighted by atomic mass is 35.5. The Morgan fingerprint density at radius 3 is 2.60 bits per heavy atom. The molecule has 0 saturated carbocycles. The van der Waals surface area contributed by atoms with E-state index in [0.717, 1.165) is 0 Å². The second-order valence-corrected chi connectivity index (χ2v) is 2.85. The molecule has 0 atom stereocenters. The SMILES string of the molecule is O=C(O)c1cnc(CCl)c(F)c1C(F)F. The van der Waals surface area contributed by atoms with Crippen LogP contribution in [0.25, 0.3) is 0 Å². The Morgan fingerprint density at radius 1 is 1.60 bits per heavy atom. The maximum atomic E-state index is 13.3. The smallest absolute Gasteiger partial charge is 0.337 e. The number of rotatable bonds is 3. The van der Waals surface area contributed by atoms with Crippen LogP contribution in [-0.4, -0.2) is 16.1 Å². The molecule has 3 nitrogen and oxygen atoms in total. The molecule has 0 unspecified atom stereocenters. The van der Waals surface area contributed by atoms with Crippen molar-refractivity contribution in [3.05, 3.63) is 28.8 Å².